The molecular formula is C27H30N2O5. The zero-order valence-electron chi connectivity index (χ0n) is 19.9. The van der Waals surface area contributed by atoms with Gasteiger partial charge in [-0.15, -0.1) is 0 Å². The minimum atomic E-state index is -0.720. The van der Waals surface area contributed by atoms with Crippen molar-refractivity contribution in [2.75, 3.05) is 20.3 Å². The van der Waals surface area contributed by atoms with Crippen molar-refractivity contribution >= 4 is 28.4 Å². The van der Waals surface area contributed by atoms with Gasteiger partial charge in [0.25, 0.3) is 11.7 Å². The molecule has 2 N–H and O–H groups in total. The molecule has 4 rings (SSSR count). The van der Waals surface area contributed by atoms with Crippen molar-refractivity contribution in [2.24, 2.45) is 0 Å². The van der Waals surface area contributed by atoms with Gasteiger partial charge >= 0.3 is 0 Å². The minimum absolute atomic E-state index is 0.0439. The van der Waals surface area contributed by atoms with Crippen LogP contribution in [0.5, 0.6) is 5.75 Å². The van der Waals surface area contributed by atoms with Gasteiger partial charge in [0, 0.05) is 48.0 Å². The van der Waals surface area contributed by atoms with Gasteiger partial charge in [-0.05, 0) is 45.4 Å². The predicted molar refractivity (Wildman–Crippen MR) is 131 cm³/mol. The van der Waals surface area contributed by atoms with E-state index in [-0.39, 0.29) is 17.4 Å². The summed E-state index contributed by atoms with van der Waals surface area (Å²) in [5.41, 5.74) is 3.06. The number of rotatable bonds is 8. The molecule has 2 aromatic carbocycles. The van der Waals surface area contributed by atoms with Crippen molar-refractivity contribution in [3.05, 3.63) is 70.9 Å². The second kappa shape index (κ2) is 9.73. The smallest absolute Gasteiger partial charge is 0.295 e. The lowest BCUT2D eigenvalue weighted by atomic mass is 9.93. The summed E-state index contributed by atoms with van der Waals surface area (Å²) in [6.07, 6.45) is 0.525. The summed E-state index contributed by atoms with van der Waals surface area (Å²) >= 11 is 0. The van der Waals surface area contributed by atoms with E-state index in [0.717, 1.165) is 22.2 Å². The summed E-state index contributed by atoms with van der Waals surface area (Å²) < 4.78 is 10.9. The number of ether oxygens (including phenoxy) is 2. The highest BCUT2D eigenvalue weighted by Gasteiger charge is 2.47. The summed E-state index contributed by atoms with van der Waals surface area (Å²) in [6, 6.07) is 14.0. The molecule has 0 saturated carbocycles. The van der Waals surface area contributed by atoms with Gasteiger partial charge in [0.15, 0.2) is 0 Å². The van der Waals surface area contributed by atoms with E-state index in [2.05, 4.69) is 4.98 Å². The highest BCUT2D eigenvalue weighted by molar-refractivity contribution is 6.46. The molecule has 2 heterocycles. The quantitative estimate of drug-likeness (QED) is 0.219. The Labute approximate surface area is 199 Å². The fraction of sp³-hybridized carbons (Fsp3) is 0.333. The molecule has 0 spiro atoms. The highest BCUT2D eigenvalue weighted by atomic mass is 16.5. The average Bonchev–Trinajstić information content (AvgIpc) is 3.26. The fourth-order valence-electron chi connectivity index (χ4n) is 4.59. The van der Waals surface area contributed by atoms with Crippen LogP contribution < -0.4 is 4.74 Å². The molecule has 1 fully saturated rings. The van der Waals surface area contributed by atoms with Crippen LogP contribution in [0.4, 0.5) is 0 Å². The number of nitrogens with zero attached hydrogens (tertiary/aromatic N) is 1. The second-order valence-corrected chi connectivity index (χ2v) is 8.74. The Morgan fingerprint density at radius 3 is 2.65 bits per heavy atom. The van der Waals surface area contributed by atoms with Crippen LogP contribution >= 0.6 is 0 Å². The Bertz CT molecular complexity index is 1260. The fourth-order valence-corrected chi connectivity index (χ4v) is 4.59. The number of methoxy groups -OCH3 is 1. The van der Waals surface area contributed by atoms with Gasteiger partial charge in [0.05, 0.1) is 17.7 Å². The largest absolute Gasteiger partial charge is 0.507 e. The first kappa shape index (κ1) is 23.6. The van der Waals surface area contributed by atoms with Crippen LogP contribution in [0.15, 0.2) is 54.1 Å². The first-order valence-corrected chi connectivity index (χ1v) is 11.4. The zero-order valence-corrected chi connectivity index (χ0v) is 19.9. The maximum absolute atomic E-state index is 13.3. The monoisotopic (exact) mass is 462 g/mol. The Balaban J connectivity index is 1.90. The van der Waals surface area contributed by atoms with Crippen molar-refractivity contribution in [2.45, 2.75) is 39.3 Å². The topological polar surface area (TPSA) is 91.9 Å². The lowest BCUT2D eigenvalue weighted by molar-refractivity contribution is -0.140. The van der Waals surface area contributed by atoms with Gasteiger partial charge in [0.2, 0.25) is 0 Å². The molecule has 1 amide bonds. The van der Waals surface area contributed by atoms with Crippen molar-refractivity contribution in [1.82, 2.24) is 9.88 Å². The third-order valence-electron chi connectivity index (χ3n) is 5.98. The maximum atomic E-state index is 13.3. The van der Waals surface area contributed by atoms with Gasteiger partial charge in [-0.25, -0.2) is 0 Å². The first-order valence-electron chi connectivity index (χ1n) is 11.4. The van der Waals surface area contributed by atoms with E-state index in [0.29, 0.717) is 30.9 Å². The molecule has 0 bridgehead atoms. The van der Waals surface area contributed by atoms with Crippen molar-refractivity contribution in [3.63, 3.8) is 0 Å². The van der Waals surface area contributed by atoms with Crippen LogP contribution in [0, 0.1) is 6.92 Å². The number of Topliss-reactive ketones (excluding diaryl/α,β-unsaturated/α-hetero) is 1. The number of fused-ring (bicyclic) bond motifs is 1. The Kier molecular flexibility index (Phi) is 6.75. The number of para-hydroxylation sites is 1. The number of amides is 1. The number of nitrogens with one attached hydrogen (secondary N) is 1. The summed E-state index contributed by atoms with van der Waals surface area (Å²) in [7, 11) is 1.60. The van der Waals surface area contributed by atoms with Crippen LogP contribution in [0.1, 0.15) is 43.1 Å². The number of aryl methyl sites for hydroxylation is 1. The maximum Gasteiger partial charge on any atom is 0.295 e. The van der Waals surface area contributed by atoms with E-state index >= 15 is 0 Å². The zero-order chi connectivity index (χ0) is 24.4. The summed E-state index contributed by atoms with van der Waals surface area (Å²) in [4.78, 5) is 31.4. The number of carbonyl (C=O) groups is 2. The van der Waals surface area contributed by atoms with Gasteiger partial charge in [-0.3, -0.25) is 9.59 Å². The summed E-state index contributed by atoms with van der Waals surface area (Å²) in [5, 5.41) is 12.3. The number of H-pyrrole nitrogens is 1. The third kappa shape index (κ3) is 4.31. The normalized spacial score (nSPS) is 17.8. The lowest BCUT2D eigenvalue weighted by Crippen LogP contribution is -2.31. The molecule has 1 aromatic heterocycles. The molecule has 34 heavy (non-hydrogen) atoms. The Morgan fingerprint density at radius 1 is 1.15 bits per heavy atom. The first-order chi connectivity index (χ1) is 16.3. The molecule has 1 aliphatic heterocycles. The number of ketones is 1. The molecule has 3 aromatic rings. The number of hydrogen-bond donors (Lipinski definition) is 2. The molecule has 1 unspecified atom stereocenters. The molecule has 1 aliphatic rings. The average molecular weight is 463 g/mol. The molecule has 1 saturated heterocycles. The molecule has 1 atom stereocenters. The number of aliphatic hydroxyl groups is 1. The van der Waals surface area contributed by atoms with Gasteiger partial charge < -0.3 is 24.5 Å². The van der Waals surface area contributed by atoms with Crippen LogP contribution in [0.2, 0.25) is 0 Å². The van der Waals surface area contributed by atoms with Crippen LogP contribution in [-0.4, -0.2) is 53.0 Å². The van der Waals surface area contributed by atoms with Gasteiger partial charge in [-0.1, -0.05) is 30.3 Å². The summed E-state index contributed by atoms with van der Waals surface area (Å²) in [6.45, 7) is 6.53. The van der Waals surface area contributed by atoms with E-state index in [9.17, 15) is 14.7 Å². The SMILES string of the molecule is COCCCN1C(=O)C(=O)/C(=C(/O)c2cccc(OC(C)C)c2)C1c1c(C)[nH]c2ccccc12. The molecule has 178 valence electrons. The standard InChI is InChI=1S/C27H30N2O5/c1-16(2)34-19-10-7-9-18(15-19)25(30)23-24(29(13-8-14-33-4)27(32)26(23)31)22-17(3)28-21-12-6-5-11-20(21)22/h5-7,9-12,15-16,24,28,30H,8,13-14H2,1-4H3/b25-23+. The number of aliphatic hydroxyl groups excluding tert-OH is 1. The molecule has 0 aliphatic carbocycles. The number of likely N-dealkylation sites (tertiary alicyclic amines) is 1. The number of carbonyl (C=O) groups excluding carboxylic acids is 2. The number of aromatic amines is 1. The van der Waals surface area contributed by atoms with Gasteiger partial charge in [0.1, 0.15) is 11.5 Å². The van der Waals surface area contributed by atoms with E-state index in [1.54, 1.807) is 36.3 Å². The van der Waals surface area contributed by atoms with Crippen molar-refractivity contribution < 1.29 is 24.2 Å². The van der Waals surface area contributed by atoms with Crippen LogP contribution in [0.25, 0.3) is 16.7 Å². The van der Waals surface area contributed by atoms with E-state index in [1.165, 1.54) is 0 Å². The van der Waals surface area contributed by atoms with Crippen LogP contribution in [0.3, 0.4) is 0 Å². The summed E-state index contributed by atoms with van der Waals surface area (Å²) in [5.74, 6) is -0.952. The number of hydrogen-bond acceptors (Lipinski definition) is 5. The molecule has 7 nitrogen and oxygen atoms in total. The van der Waals surface area contributed by atoms with Gasteiger partial charge in [-0.2, -0.15) is 0 Å². The number of benzene rings is 2. The second-order valence-electron chi connectivity index (χ2n) is 8.74. The molecular weight excluding hydrogens is 432 g/mol. The van der Waals surface area contributed by atoms with Crippen LogP contribution in [-0.2, 0) is 14.3 Å². The van der Waals surface area contributed by atoms with E-state index in [4.69, 9.17) is 9.47 Å². The lowest BCUT2D eigenvalue weighted by Gasteiger charge is -2.25. The number of aromatic nitrogens is 1. The Morgan fingerprint density at radius 2 is 1.91 bits per heavy atom. The molecule has 0 radical (unpaired) electrons. The van der Waals surface area contributed by atoms with E-state index < -0.39 is 17.7 Å². The van der Waals surface area contributed by atoms with Crippen molar-refractivity contribution in [3.8, 4) is 5.75 Å². The highest BCUT2D eigenvalue weighted by Crippen LogP contribution is 2.43. The predicted octanol–water partition coefficient (Wildman–Crippen LogP) is 4.72. The van der Waals surface area contributed by atoms with E-state index in [1.807, 2.05) is 45.0 Å². The minimum Gasteiger partial charge on any atom is -0.507 e. The van der Waals surface area contributed by atoms with Crippen molar-refractivity contribution in [1.29, 1.82) is 0 Å². The Hall–Kier alpha value is -3.58. The molecule has 7 heteroatoms. The third-order valence-corrected chi connectivity index (χ3v) is 5.98.